The Bertz CT molecular complexity index is 1740. The van der Waals surface area contributed by atoms with Crippen molar-refractivity contribution in [2.45, 2.75) is 36.3 Å². The Kier molecular flexibility index (Phi) is 9.39. The Morgan fingerprint density at radius 3 is 2.28 bits per heavy atom. The number of halogens is 1. The van der Waals surface area contributed by atoms with Gasteiger partial charge >= 0.3 is 6.09 Å². The van der Waals surface area contributed by atoms with Crippen molar-refractivity contribution in [1.29, 1.82) is 0 Å². The third-order valence-electron chi connectivity index (χ3n) is 9.22. The summed E-state index contributed by atoms with van der Waals surface area (Å²) in [5, 5.41) is 0.238. The van der Waals surface area contributed by atoms with Crippen molar-refractivity contribution in [3.63, 3.8) is 0 Å². The number of piperazine rings is 1. The first-order chi connectivity index (χ1) is 22.6. The van der Waals surface area contributed by atoms with E-state index in [2.05, 4.69) is 16.8 Å². The molecule has 3 heterocycles. The van der Waals surface area contributed by atoms with Gasteiger partial charge in [-0.05, 0) is 75.3 Å². The van der Waals surface area contributed by atoms with Gasteiger partial charge in [-0.3, -0.25) is 9.69 Å². The molecule has 13 heteroatoms. The predicted molar refractivity (Wildman–Crippen MR) is 178 cm³/mol. The number of nitrogens with zero attached hydrogens (tertiary/aromatic N) is 4. The number of methoxy groups -OCH3 is 1. The number of hydrogen-bond acceptors (Lipinski definition) is 9. The van der Waals surface area contributed by atoms with Crippen LogP contribution in [-0.2, 0) is 25.2 Å². The van der Waals surface area contributed by atoms with Crippen LogP contribution in [0.4, 0.5) is 10.5 Å². The first-order valence-electron chi connectivity index (χ1n) is 15.8. The second-order valence-corrected chi connectivity index (χ2v) is 14.2. The van der Waals surface area contributed by atoms with E-state index in [-0.39, 0.29) is 39.1 Å². The van der Waals surface area contributed by atoms with Crippen LogP contribution in [0.3, 0.4) is 0 Å². The molecule has 0 saturated carbocycles. The van der Waals surface area contributed by atoms with Gasteiger partial charge in [-0.1, -0.05) is 29.8 Å². The van der Waals surface area contributed by atoms with E-state index in [0.29, 0.717) is 29.2 Å². The molecule has 1 unspecified atom stereocenters. The van der Waals surface area contributed by atoms with Crippen molar-refractivity contribution in [2.24, 2.45) is 0 Å². The highest BCUT2D eigenvalue weighted by atomic mass is 35.5. The van der Waals surface area contributed by atoms with Crippen LogP contribution in [0.25, 0.3) is 0 Å². The molecule has 11 nitrogen and oxygen atoms in total. The lowest BCUT2D eigenvalue weighted by Gasteiger charge is -2.42. The third kappa shape index (κ3) is 6.03. The largest absolute Gasteiger partial charge is 0.497 e. The van der Waals surface area contributed by atoms with Gasteiger partial charge in [0.15, 0.2) is 0 Å². The molecule has 2 saturated heterocycles. The molecular formula is C34H39ClN4O7S. The highest BCUT2D eigenvalue weighted by molar-refractivity contribution is 7.93. The van der Waals surface area contributed by atoms with Crippen molar-refractivity contribution in [3.05, 3.63) is 82.9 Å². The molecule has 0 aromatic heterocycles. The zero-order chi connectivity index (χ0) is 33.3. The van der Waals surface area contributed by atoms with Crippen molar-refractivity contribution in [2.75, 3.05) is 64.3 Å². The maximum Gasteiger partial charge on any atom is 0.411 e. The van der Waals surface area contributed by atoms with E-state index in [1.165, 1.54) is 49.6 Å². The van der Waals surface area contributed by atoms with E-state index in [0.717, 1.165) is 39.0 Å². The fourth-order valence-corrected chi connectivity index (χ4v) is 8.30. The minimum atomic E-state index is -4.50. The van der Waals surface area contributed by atoms with Gasteiger partial charge in [0, 0.05) is 55.9 Å². The van der Waals surface area contributed by atoms with Crippen LogP contribution in [0, 0.1) is 0 Å². The second-order valence-electron chi connectivity index (χ2n) is 11.9. The van der Waals surface area contributed by atoms with Gasteiger partial charge in [0.2, 0.25) is 5.60 Å². The average molecular weight is 683 g/mol. The second kappa shape index (κ2) is 13.3. The first-order valence-corrected chi connectivity index (χ1v) is 17.6. The van der Waals surface area contributed by atoms with Crippen molar-refractivity contribution >= 4 is 39.3 Å². The molecule has 250 valence electrons. The Morgan fingerprint density at radius 1 is 0.936 bits per heavy atom. The predicted octanol–water partition coefficient (Wildman–Crippen LogP) is 4.57. The van der Waals surface area contributed by atoms with Crippen LogP contribution in [0.5, 0.6) is 11.5 Å². The number of piperidine rings is 1. The molecular weight excluding hydrogens is 644 g/mol. The quantitative estimate of drug-likeness (QED) is 0.338. The molecule has 0 spiro atoms. The standard InChI is InChI=1S/C34H39ClN4O7S/c1-4-45-31-8-6-5-7-28(31)34(46-33(41)38-17-15-25(16-18-38)37-21-19-36(2)20-22-37)29-23-24(35)9-14-30(29)39(32(34)40)47(42,43)27-12-10-26(44-3)11-13-27/h5-14,23,25H,4,15-22H2,1-3H3. The molecule has 47 heavy (non-hydrogen) atoms. The number of likely N-dealkylation sites (N-methyl/N-ethyl adjacent to an activating group) is 1. The summed E-state index contributed by atoms with van der Waals surface area (Å²) in [5.74, 6) is -0.243. The maximum absolute atomic E-state index is 14.9. The normalized spacial score (nSPS) is 21.1. The van der Waals surface area contributed by atoms with Gasteiger partial charge in [0.25, 0.3) is 15.9 Å². The summed E-state index contributed by atoms with van der Waals surface area (Å²) < 4.78 is 46.7. The molecule has 6 rings (SSSR count). The summed E-state index contributed by atoms with van der Waals surface area (Å²) in [6.07, 6.45) is 0.793. The van der Waals surface area contributed by atoms with Crippen molar-refractivity contribution < 1.29 is 32.2 Å². The van der Waals surface area contributed by atoms with Crippen LogP contribution in [0.1, 0.15) is 30.9 Å². The first kappa shape index (κ1) is 33.1. The number of rotatable bonds is 8. The maximum atomic E-state index is 14.9. The number of amides is 2. The van der Waals surface area contributed by atoms with Gasteiger partial charge in [0.05, 0.1) is 29.9 Å². The Morgan fingerprint density at radius 2 is 1.62 bits per heavy atom. The number of anilines is 1. The van der Waals surface area contributed by atoms with Gasteiger partial charge in [-0.2, -0.15) is 4.31 Å². The van der Waals surface area contributed by atoms with Crippen LogP contribution in [0.2, 0.25) is 5.02 Å². The topological polar surface area (TPSA) is 109 Å². The molecule has 0 N–H and O–H groups in total. The number of likely N-dealkylation sites (tertiary alicyclic amines) is 1. The fourth-order valence-electron chi connectivity index (χ4n) is 6.68. The van der Waals surface area contributed by atoms with Crippen molar-refractivity contribution in [1.82, 2.24) is 14.7 Å². The van der Waals surface area contributed by atoms with E-state index in [1.807, 2.05) is 0 Å². The summed E-state index contributed by atoms with van der Waals surface area (Å²) in [7, 11) is -0.904. The lowest BCUT2D eigenvalue weighted by molar-refractivity contribution is -0.132. The lowest BCUT2D eigenvalue weighted by atomic mass is 9.86. The SMILES string of the molecule is CCOc1ccccc1C1(OC(=O)N2CCC(N3CCN(C)CC3)CC2)C(=O)N(S(=O)(=O)c2ccc(OC)cc2)c2ccc(Cl)cc21. The Balaban J connectivity index is 1.41. The molecule has 3 aliphatic heterocycles. The Labute approximate surface area is 280 Å². The van der Waals surface area contributed by atoms with Crippen LogP contribution in [0.15, 0.2) is 71.6 Å². The zero-order valence-corrected chi connectivity index (χ0v) is 28.3. The number of benzene rings is 3. The summed E-state index contributed by atoms with van der Waals surface area (Å²) in [6, 6.07) is 17.2. The number of fused-ring (bicyclic) bond motifs is 1. The zero-order valence-electron chi connectivity index (χ0n) is 26.7. The number of para-hydroxylation sites is 1. The van der Waals surface area contributed by atoms with E-state index >= 15 is 0 Å². The highest BCUT2D eigenvalue weighted by Crippen LogP contribution is 2.52. The number of sulfonamides is 1. The summed E-state index contributed by atoms with van der Waals surface area (Å²) in [4.78, 5) is 35.3. The molecule has 1 atom stereocenters. The van der Waals surface area contributed by atoms with Crippen LogP contribution in [-0.4, -0.2) is 101 Å². The molecule has 3 aromatic rings. The van der Waals surface area contributed by atoms with Gasteiger partial charge in [-0.25, -0.2) is 13.2 Å². The fraction of sp³-hybridized carbons (Fsp3) is 0.412. The Hall–Kier alpha value is -3.84. The summed E-state index contributed by atoms with van der Waals surface area (Å²) in [6.45, 7) is 6.88. The van der Waals surface area contributed by atoms with E-state index < -0.39 is 27.6 Å². The minimum absolute atomic E-state index is 0.0306. The van der Waals surface area contributed by atoms with Crippen LogP contribution >= 0.6 is 11.6 Å². The monoisotopic (exact) mass is 682 g/mol. The number of hydrogen-bond donors (Lipinski definition) is 0. The molecule has 0 radical (unpaired) electrons. The van der Waals surface area contributed by atoms with Gasteiger partial charge in [-0.15, -0.1) is 0 Å². The lowest BCUT2D eigenvalue weighted by Crippen LogP contribution is -2.54. The number of ether oxygens (including phenoxy) is 3. The molecule has 0 aliphatic carbocycles. The molecule has 2 amide bonds. The third-order valence-corrected chi connectivity index (χ3v) is 11.2. The number of carbonyl (C=O) groups excluding carboxylic acids is 2. The smallest absolute Gasteiger partial charge is 0.411 e. The van der Waals surface area contributed by atoms with E-state index in [4.69, 9.17) is 25.8 Å². The van der Waals surface area contributed by atoms with Gasteiger partial charge < -0.3 is 24.0 Å². The van der Waals surface area contributed by atoms with Crippen molar-refractivity contribution in [3.8, 4) is 11.5 Å². The highest BCUT2D eigenvalue weighted by Gasteiger charge is 2.61. The van der Waals surface area contributed by atoms with E-state index in [1.54, 1.807) is 36.1 Å². The minimum Gasteiger partial charge on any atom is -0.497 e. The summed E-state index contributed by atoms with van der Waals surface area (Å²) in [5.41, 5.74) is -1.86. The molecule has 3 aliphatic rings. The average Bonchev–Trinajstić information content (AvgIpc) is 3.33. The van der Waals surface area contributed by atoms with Gasteiger partial charge in [0.1, 0.15) is 11.5 Å². The van der Waals surface area contributed by atoms with Crippen LogP contribution < -0.4 is 13.8 Å². The number of carbonyl (C=O) groups is 2. The molecule has 2 fully saturated rings. The van der Waals surface area contributed by atoms with E-state index in [9.17, 15) is 18.0 Å². The molecule has 3 aromatic carbocycles. The molecule has 0 bridgehead atoms. The summed E-state index contributed by atoms with van der Waals surface area (Å²) >= 11 is 6.50.